The second kappa shape index (κ2) is 7.18. The van der Waals surface area contributed by atoms with Crippen molar-refractivity contribution in [3.63, 3.8) is 0 Å². The van der Waals surface area contributed by atoms with E-state index in [1.165, 1.54) is 20.0 Å². The summed E-state index contributed by atoms with van der Waals surface area (Å²) >= 11 is 0. The van der Waals surface area contributed by atoms with Crippen LogP contribution in [0.2, 0.25) is 0 Å². The smallest absolute Gasteiger partial charge is 0.239 e. The number of aromatic nitrogens is 2. The highest BCUT2D eigenvalue weighted by Gasteiger charge is 2.42. The monoisotopic (exact) mass is 419 g/mol. The maximum Gasteiger partial charge on any atom is 0.239 e. The summed E-state index contributed by atoms with van der Waals surface area (Å²) in [5, 5.41) is 0. The highest BCUT2D eigenvalue weighted by atomic mass is 32.2. The number of rotatable bonds is 4. The molecule has 2 N–H and O–H groups in total. The van der Waals surface area contributed by atoms with E-state index in [0.717, 1.165) is 21.5 Å². The summed E-state index contributed by atoms with van der Waals surface area (Å²) in [6.45, 7) is 5.12. The zero-order chi connectivity index (χ0) is 21.6. The molecule has 0 fully saturated rings. The van der Waals surface area contributed by atoms with Gasteiger partial charge in [0.2, 0.25) is 16.0 Å². The third-order valence-electron chi connectivity index (χ3n) is 4.80. The summed E-state index contributed by atoms with van der Waals surface area (Å²) in [6.07, 6.45) is 1.50. The summed E-state index contributed by atoms with van der Waals surface area (Å²) in [6, 6.07) is 4.40. The molecule has 0 aliphatic carbocycles. The molecule has 2 aromatic heterocycles. The van der Waals surface area contributed by atoms with Gasteiger partial charge in [-0.25, -0.2) is 22.1 Å². The summed E-state index contributed by atoms with van der Waals surface area (Å²) in [7, 11) is -2.50. The summed E-state index contributed by atoms with van der Waals surface area (Å²) in [4.78, 5) is 25.2. The molecule has 3 rings (SSSR count). The molecular formula is C19H22FN5O3S. The molecule has 154 valence electrons. The Morgan fingerprint density at radius 3 is 2.66 bits per heavy atom. The molecule has 0 amide bonds. The first-order chi connectivity index (χ1) is 13.4. The number of halogens is 1. The Morgan fingerprint density at radius 2 is 2.03 bits per heavy atom. The van der Waals surface area contributed by atoms with Crippen LogP contribution in [0.5, 0.6) is 0 Å². The molecule has 2 aromatic rings. The quantitative estimate of drug-likeness (QED) is 0.750. The van der Waals surface area contributed by atoms with Gasteiger partial charge in [-0.1, -0.05) is 6.07 Å². The van der Waals surface area contributed by atoms with E-state index < -0.39 is 27.1 Å². The second-order valence-electron chi connectivity index (χ2n) is 7.38. The van der Waals surface area contributed by atoms with Gasteiger partial charge in [0, 0.05) is 18.9 Å². The zero-order valence-corrected chi connectivity index (χ0v) is 17.4. The van der Waals surface area contributed by atoms with Gasteiger partial charge in [-0.3, -0.25) is 14.8 Å². The van der Waals surface area contributed by atoms with Gasteiger partial charge in [0.15, 0.2) is 5.78 Å². The zero-order valence-electron chi connectivity index (χ0n) is 16.6. The van der Waals surface area contributed by atoms with Gasteiger partial charge in [-0.05, 0) is 44.0 Å². The fourth-order valence-electron chi connectivity index (χ4n) is 3.29. The predicted molar refractivity (Wildman–Crippen MR) is 106 cm³/mol. The number of aliphatic imine (C=N–C) groups is 1. The maximum absolute atomic E-state index is 14.6. The van der Waals surface area contributed by atoms with Crippen molar-refractivity contribution < 1.29 is 17.6 Å². The average molecular weight is 419 g/mol. The maximum atomic E-state index is 14.6. The van der Waals surface area contributed by atoms with Crippen molar-refractivity contribution in [2.24, 2.45) is 10.7 Å². The molecule has 0 radical (unpaired) electrons. The lowest BCUT2D eigenvalue weighted by molar-refractivity contribution is 0.0986. The van der Waals surface area contributed by atoms with Crippen molar-refractivity contribution in [3.8, 4) is 0 Å². The van der Waals surface area contributed by atoms with Gasteiger partial charge < -0.3 is 5.73 Å². The van der Waals surface area contributed by atoms with Crippen LogP contribution in [-0.4, -0.2) is 47.2 Å². The number of ketones is 1. The molecule has 0 saturated carbocycles. The van der Waals surface area contributed by atoms with Gasteiger partial charge in [0.1, 0.15) is 28.5 Å². The summed E-state index contributed by atoms with van der Waals surface area (Å²) in [5.41, 5.74) is 6.34. The molecule has 0 saturated heterocycles. The number of carbonyl (C=O) groups excluding carboxylic acids is 1. The molecule has 0 aromatic carbocycles. The van der Waals surface area contributed by atoms with Gasteiger partial charge in [0.05, 0.1) is 6.42 Å². The number of guanidine groups is 1. The average Bonchev–Trinajstić information content (AvgIpc) is 2.60. The highest BCUT2D eigenvalue weighted by Crippen LogP contribution is 2.32. The summed E-state index contributed by atoms with van der Waals surface area (Å²) in [5.74, 6) is -1.72. The number of nitrogens with zero attached hydrogens (tertiary/aromatic N) is 4. The van der Waals surface area contributed by atoms with Gasteiger partial charge in [0.25, 0.3) is 0 Å². The highest BCUT2D eigenvalue weighted by molar-refractivity contribution is 7.89. The molecular weight excluding hydrogens is 397 g/mol. The molecule has 8 nitrogen and oxygen atoms in total. The van der Waals surface area contributed by atoms with E-state index in [-0.39, 0.29) is 23.9 Å². The Balaban J connectivity index is 1.98. The van der Waals surface area contributed by atoms with Crippen LogP contribution >= 0.6 is 0 Å². The van der Waals surface area contributed by atoms with Gasteiger partial charge in [-0.2, -0.15) is 0 Å². The topological polar surface area (TPSA) is 119 Å². The van der Waals surface area contributed by atoms with Crippen LogP contribution in [0.1, 0.15) is 39.9 Å². The number of nitrogens with two attached hydrogens (primary N) is 1. The van der Waals surface area contributed by atoms with Crippen molar-refractivity contribution >= 4 is 21.8 Å². The Labute approximate surface area is 168 Å². The molecule has 29 heavy (non-hydrogen) atoms. The van der Waals surface area contributed by atoms with E-state index >= 15 is 0 Å². The van der Waals surface area contributed by atoms with Crippen LogP contribution in [0.4, 0.5) is 4.39 Å². The Bertz CT molecular complexity index is 1130. The molecule has 1 aliphatic rings. The van der Waals surface area contributed by atoms with Crippen molar-refractivity contribution in [1.82, 2.24) is 14.3 Å². The van der Waals surface area contributed by atoms with Crippen LogP contribution in [-0.2, 0) is 22.0 Å². The van der Waals surface area contributed by atoms with E-state index in [9.17, 15) is 17.6 Å². The SMILES string of the molecule is Cc1cnc(C(=O)Cc2ccc(F)c([C@]3(C)CS(=O)(=O)N(C)C(N)=N3)n2)c(C)c1. The fourth-order valence-corrected chi connectivity index (χ4v) is 4.72. The van der Waals surface area contributed by atoms with Gasteiger partial charge >= 0.3 is 0 Å². The summed E-state index contributed by atoms with van der Waals surface area (Å²) < 4.78 is 40.1. The molecule has 3 heterocycles. The molecule has 1 aliphatic heterocycles. The number of carbonyl (C=O) groups is 1. The molecule has 1 atom stereocenters. The largest absolute Gasteiger partial charge is 0.369 e. The molecule has 10 heteroatoms. The number of hydrogen-bond donors (Lipinski definition) is 1. The van der Waals surface area contributed by atoms with Crippen LogP contribution < -0.4 is 5.73 Å². The van der Waals surface area contributed by atoms with Crippen molar-refractivity contribution in [1.29, 1.82) is 0 Å². The lowest BCUT2D eigenvalue weighted by atomic mass is 9.98. The van der Waals surface area contributed by atoms with Crippen LogP contribution in [0.15, 0.2) is 29.4 Å². The normalized spacial score (nSPS) is 21.0. The van der Waals surface area contributed by atoms with E-state index in [1.807, 2.05) is 13.0 Å². The lowest BCUT2D eigenvalue weighted by Crippen LogP contribution is -2.50. The minimum absolute atomic E-state index is 0.105. The van der Waals surface area contributed by atoms with Gasteiger partial charge in [-0.15, -0.1) is 0 Å². The number of aryl methyl sites for hydroxylation is 2. The van der Waals surface area contributed by atoms with E-state index in [2.05, 4.69) is 15.0 Å². The number of sulfonamides is 1. The third-order valence-corrected chi connectivity index (χ3v) is 6.75. The Kier molecular flexibility index (Phi) is 5.16. The van der Waals surface area contributed by atoms with E-state index in [0.29, 0.717) is 11.4 Å². The minimum Gasteiger partial charge on any atom is -0.369 e. The predicted octanol–water partition coefficient (Wildman–Crippen LogP) is 1.46. The van der Waals surface area contributed by atoms with Crippen LogP contribution in [0.3, 0.4) is 0 Å². The van der Waals surface area contributed by atoms with Crippen molar-refractivity contribution in [2.75, 3.05) is 12.8 Å². The molecule has 0 unspecified atom stereocenters. The first kappa shape index (κ1) is 20.8. The van der Waals surface area contributed by atoms with Crippen LogP contribution in [0, 0.1) is 19.7 Å². The third kappa shape index (κ3) is 3.98. The van der Waals surface area contributed by atoms with E-state index in [4.69, 9.17) is 5.73 Å². The molecule has 0 bridgehead atoms. The fraction of sp³-hybridized carbons (Fsp3) is 0.368. The van der Waals surface area contributed by atoms with E-state index in [1.54, 1.807) is 13.1 Å². The standard InChI is InChI=1S/C19H22FN5O3S/c1-11-7-12(2)16(22-9-11)15(26)8-13-5-6-14(20)17(23-13)19(3)10-29(27,28)25(4)18(21)24-19/h5-7,9H,8,10H2,1-4H3,(H2,21,24)/t19-/m0/s1. The Hall–Kier alpha value is -2.88. The van der Waals surface area contributed by atoms with Crippen molar-refractivity contribution in [2.45, 2.75) is 32.7 Å². The number of Topliss-reactive ketones (excluding diaryl/α,β-unsaturated/α-hetero) is 1. The van der Waals surface area contributed by atoms with Crippen molar-refractivity contribution in [3.05, 3.63) is 58.4 Å². The molecule has 0 spiro atoms. The second-order valence-corrected chi connectivity index (χ2v) is 9.38. The first-order valence-corrected chi connectivity index (χ1v) is 10.5. The lowest BCUT2D eigenvalue weighted by Gasteiger charge is -2.33. The number of pyridine rings is 2. The van der Waals surface area contributed by atoms with Crippen LogP contribution in [0.25, 0.3) is 0 Å². The Morgan fingerprint density at radius 1 is 1.34 bits per heavy atom. The first-order valence-electron chi connectivity index (χ1n) is 8.87. The number of hydrogen-bond acceptors (Lipinski definition) is 7. The minimum atomic E-state index is -3.78.